The molecular weight excluding hydrogens is 171 g/mol. The zero-order chi connectivity index (χ0) is 7.98. The van der Waals surface area contributed by atoms with Gasteiger partial charge in [-0.1, -0.05) is 19.1 Å². The van der Waals surface area contributed by atoms with Gasteiger partial charge in [-0.2, -0.15) is 0 Å². The van der Waals surface area contributed by atoms with Crippen LogP contribution >= 0.6 is 0 Å². The van der Waals surface area contributed by atoms with Crippen molar-refractivity contribution in [3.63, 3.8) is 0 Å². The fourth-order valence-corrected chi connectivity index (χ4v) is 0.452. The molecule has 10 heavy (non-hydrogen) atoms. The Balaban J connectivity index is 0.000000371. The van der Waals surface area contributed by atoms with Crippen molar-refractivity contribution in [1.82, 2.24) is 0 Å². The molecule has 1 heterocycles. The second-order valence-electron chi connectivity index (χ2n) is 1.52. The molecule has 0 spiro atoms. The summed E-state index contributed by atoms with van der Waals surface area (Å²) in [6.07, 6.45) is 2.34. The van der Waals surface area contributed by atoms with Crippen molar-refractivity contribution in [3.8, 4) is 0 Å². The minimum atomic E-state index is -0.0613. The van der Waals surface area contributed by atoms with E-state index in [-0.39, 0.29) is 5.43 Å². The molecule has 4 heteroatoms. The van der Waals surface area contributed by atoms with Gasteiger partial charge in [0, 0.05) is 0 Å². The topological polar surface area (TPSA) is 47.3 Å². The predicted molar refractivity (Wildman–Crippen MR) is 29.2 cm³/mol. The van der Waals surface area contributed by atoms with E-state index >= 15 is 0 Å². The first-order valence-electron chi connectivity index (χ1n) is 2.45. The summed E-state index contributed by atoms with van der Waals surface area (Å²) in [5.41, 5.74) is -0.0613. The van der Waals surface area contributed by atoms with E-state index < -0.39 is 0 Å². The molecule has 1 aromatic rings. The molecule has 0 fully saturated rings. The van der Waals surface area contributed by atoms with Crippen LogP contribution in [-0.2, 0) is 21.0 Å². The molecule has 53 valence electrons. The van der Waals surface area contributed by atoms with Crippen LogP contribution < -0.4 is 5.43 Å². The molecule has 0 atom stereocenters. The first kappa shape index (κ1) is 9.33. The Morgan fingerprint density at radius 1 is 1.60 bits per heavy atom. The van der Waals surface area contributed by atoms with E-state index in [2.05, 4.69) is 10.7 Å². The van der Waals surface area contributed by atoms with Crippen LogP contribution in [0.15, 0.2) is 21.3 Å². The molecule has 0 aliphatic rings. The van der Waals surface area contributed by atoms with Gasteiger partial charge in [-0.25, -0.2) is 0 Å². The number of aryl methyl sites for hydroxylation is 1. The molecule has 0 bridgehead atoms. The zero-order valence-electron chi connectivity index (χ0n) is 5.33. The minimum absolute atomic E-state index is 0.0613. The summed E-state index contributed by atoms with van der Waals surface area (Å²) in [6, 6.07) is 2.67. The van der Waals surface area contributed by atoms with Crippen molar-refractivity contribution in [2.24, 2.45) is 0 Å². The van der Waals surface area contributed by atoms with Gasteiger partial charge in [0.2, 0.25) is 0 Å². The first-order chi connectivity index (χ1) is 4.79. The van der Waals surface area contributed by atoms with Crippen LogP contribution in [0.3, 0.4) is 0 Å². The first-order valence-corrected chi connectivity index (χ1v) is 3.02. The van der Waals surface area contributed by atoms with Crippen molar-refractivity contribution in [1.29, 1.82) is 0 Å². The second-order valence-corrected chi connectivity index (χ2v) is 1.52. The van der Waals surface area contributed by atoms with E-state index in [0.717, 1.165) is 17.4 Å². The van der Waals surface area contributed by atoms with Gasteiger partial charge < -0.3 is 9.21 Å². The van der Waals surface area contributed by atoms with Crippen LogP contribution in [0.2, 0.25) is 0 Å². The van der Waals surface area contributed by atoms with Crippen molar-refractivity contribution in [2.75, 3.05) is 0 Å². The Hall–Kier alpha value is -0.666. The van der Waals surface area contributed by atoms with Crippen LogP contribution in [0.4, 0.5) is 0 Å². The third-order valence-electron chi connectivity index (χ3n) is 0.767. The van der Waals surface area contributed by atoms with Gasteiger partial charge in [0.15, 0.2) is 0 Å². The quantitative estimate of drug-likeness (QED) is 0.544. The van der Waals surface area contributed by atoms with Crippen molar-refractivity contribution in [3.05, 3.63) is 34.4 Å². The van der Waals surface area contributed by atoms with E-state index in [1.165, 1.54) is 12.1 Å². The van der Waals surface area contributed by atoms with E-state index in [9.17, 15) is 4.79 Å². The molecule has 0 amide bonds. The molecule has 1 aromatic heterocycles. The molecule has 0 aliphatic carbocycles. The molecule has 3 nitrogen and oxygen atoms in total. The molecule has 0 aliphatic heterocycles. The van der Waals surface area contributed by atoms with Gasteiger partial charge in [-0.05, 0) is 12.0 Å². The molecule has 0 aromatic carbocycles. The summed E-state index contributed by atoms with van der Waals surface area (Å²) in [5, 5.41) is 0. The van der Waals surface area contributed by atoms with Crippen molar-refractivity contribution >= 4 is 0 Å². The fraction of sp³-hybridized carbons (Fsp3) is 0.167. The second kappa shape index (κ2) is 5.15. The SMILES string of the molecule is Cc1cc(=O)c[c-]o1.[O]=[V]. The number of hydrogen-bond donors (Lipinski definition) is 0. The third-order valence-corrected chi connectivity index (χ3v) is 0.767. The van der Waals surface area contributed by atoms with E-state index in [1.807, 2.05) is 0 Å². The van der Waals surface area contributed by atoms with Crippen LogP contribution in [0, 0.1) is 13.2 Å². The van der Waals surface area contributed by atoms with E-state index in [4.69, 9.17) is 3.67 Å². The zero-order valence-corrected chi connectivity index (χ0v) is 6.72. The van der Waals surface area contributed by atoms with Crippen LogP contribution in [0.5, 0.6) is 0 Å². The average molecular weight is 176 g/mol. The summed E-state index contributed by atoms with van der Waals surface area (Å²) in [4.78, 5) is 10.4. The van der Waals surface area contributed by atoms with E-state index in [1.54, 1.807) is 6.92 Å². The van der Waals surface area contributed by atoms with Gasteiger partial charge in [-0.3, -0.25) is 0 Å². The normalized spacial score (nSPS) is 7.60. The Morgan fingerprint density at radius 3 is 2.50 bits per heavy atom. The summed E-state index contributed by atoms with van der Waals surface area (Å²) < 4.78 is 12.9. The summed E-state index contributed by atoms with van der Waals surface area (Å²) in [7, 11) is 0. The van der Waals surface area contributed by atoms with Gasteiger partial charge in [0.25, 0.3) is 0 Å². The van der Waals surface area contributed by atoms with Gasteiger partial charge in [0.05, 0.1) is 5.43 Å². The summed E-state index contributed by atoms with van der Waals surface area (Å²) >= 11 is 1.06. The molecule has 0 saturated carbocycles. The van der Waals surface area contributed by atoms with Crippen LogP contribution in [0.25, 0.3) is 0 Å². The Labute approximate surface area is 67.3 Å². The number of hydrogen-bond acceptors (Lipinski definition) is 3. The molecular formula is C6H5O3V-. The molecule has 0 radical (unpaired) electrons. The molecule has 0 unspecified atom stereocenters. The molecule has 0 saturated heterocycles. The summed E-state index contributed by atoms with van der Waals surface area (Å²) in [5.74, 6) is 0.595. The maximum absolute atomic E-state index is 10.4. The Kier molecular flexibility index (Phi) is 4.80. The summed E-state index contributed by atoms with van der Waals surface area (Å²) in [6.45, 7) is 1.71. The van der Waals surface area contributed by atoms with Gasteiger partial charge >= 0.3 is 21.0 Å². The maximum atomic E-state index is 10.4. The molecule has 0 N–H and O–H groups in total. The van der Waals surface area contributed by atoms with Crippen LogP contribution in [0.1, 0.15) is 5.76 Å². The number of rotatable bonds is 0. The average Bonchev–Trinajstić information content (AvgIpc) is 1.91. The Bertz CT molecular complexity index is 243. The Morgan fingerprint density at radius 2 is 2.20 bits per heavy atom. The van der Waals surface area contributed by atoms with Gasteiger partial charge in [0.1, 0.15) is 0 Å². The predicted octanol–water partition coefficient (Wildman–Crippen LogP) is 0.627. The van der Waals surface area contributed by atoms with Crippen molar-refractivity contribution in [2.45, 2.75) is 6.92 Å². The van der Waals surface area contributed by atoms with Crippen molar-refractivity contribution < 1.29 is 25.5 Å². The monoisotopic (exact) mass is 176 g/mol. The standard InChI is InChI=1S/C6H5O2.O.V/c1-5-4-6(7)2-3-8-5;;/h2,4H,1H3;;/q-1;;. The third kappa shape index (κ3) is 3.38. The fourth-order valence-electron chi connectivity index (χ4n) is 0.452. The van der Waals surface area contributed by atoms with Gasteiger partial charge in [-0.15, -0.1) is 0 Å². The van der Waals surface area contributed by atoms with E-state index in [0.29, 0.717) is 5.76 Å². The molecule has 1 rings (SSSR count). The van der Waals surface area contributed by atoms with Crippen LogP contribution in [-0.4, -0.2) is 0 Å².